The number of hydrogen-bond donors (Lipinski definition) is 14. The summed E-state index contributed by atoms with van der Waals surface area (Å²) in [5, 5.41) is 119. The molecule has 0 saturated carbocycles. The molecule has 4 fully saturated rings. The molecule has 0 aromatic heterocycles. The van der Waals surface area contributed by atoms with Crippen LogP contribution in [-0.4, -0.2) is 237 Å². The van der Waals surface area contributed by atoms with Crippen molar-refractivity contribution in [1.82, 2.24) is 5.32 Å². The molecule has 4 aliphatic heterocycles. The SMILES string of the molecule is CC(=O)N[C@H]1[C@H](O[C@H]2[C@@H](O)[C@@H](CO)O[C@@H](O[C@H]3[C@H](O)[C@@H](O)[C@H](OCCCCCN)O[C@@H]3CO)[C@@H]2O)O[C@H](CO)[C@@H](O[C@@H]2O[C@H](CO)[C@H](O)[C@H](OS(=O)(=O)O)[C@H]2O)[C@@H]1O. The van der Waals surface area contributed by atoms with E-state index in [0.717, 1.165) is 19.8 Å². The number of carbonyl (C=O) groups excluding carboxylic acids is 1. The van der Waals surface area contributed by atoms with Crippen molar-refractivity contribution in [3.8, 4) is 0 Å². The number of ether oxygens (including phenoxy) is 8. The van der Waals surface area contributed by atoms with Crippen molar-refractivity contribution in [3.05, 3.63) is 0 Å². The minimum Gasteiger partial charge on any atom is -0.394 e. The maximum absolute atomic E-state index is 12.3. The molecule has 0 radical (unpaired) electrons. The number of nitrogens with two attached hydrogens (primary N) is 1. The van der Waals surface area contributed by atoms with Gasteiger partial charge in [0.15, 0.2) is 25.2 Å². The Kier molecular flexibility index (Phi) is 18.7. The Labute approximate surface area is 331 Å². The van der Waals surface area contributed by atoms with Crippen molar-refractivity contribution in [2.45, 2.75) is 149 Å². The molecule has 1 amide bonds. The summed E-state index contributed by atoms with van der Waals surface area (Å²) in [6.07, 6.45) is -32.9. The highest BCUT2D eigenvalue weighted by Crippen LogP contribution is 2.35. The molecule has 58 heavy (non-hydrogen) atoms. The zero-order valence-electron chi connectivity index (χ0n) is 31.2. The van der Waals surface area contributed by atoms with Crippen LogP contribution in [-0.2, 0) is 57.3 Å². The zero-order chi connectivity index (χ0) is 43.1. The van der Waals surface area contributed by atoms with E-state index in [9.17, 15) is 73.9 Å². The summed E-state index contributed by atoms with van der Waals surface area (Å²) >= 11 is 0. The van der Waals surface area contributed by atoms with Gasteiger partial charge in [0.1, 0.15) is 97.6 Å². The van der Waals surface area contributed by atoms with E-state index in [1.54, 1.807) is 0 Å². The van der Waals surface area contributed by atoms with Crippen LogP contribution in [0.1, 0.15) is 26.2 Å². The summed E-state index contributed by atoms with van der Waals surface area (Å²) in [6.45, 7) is -2.11. The number of nitrogens with one attached hydrogen (secondary N) is 1. The van der Waals surface area contributed by atoms with Crippen LogP contribution in [0.4, 0.5) is 0 Å². The van der Waals surface area contributed by atoms with Gasteiger partial charge in [-0.2, -0.15) is 8.42 Å². The lowest BCUT2D eigenvalue weighted by Crippen LogP contribution is -2.70. The average molecular weight is 873 g/mol. The molecular weight excluding hydrogens is 816 g/mol. The van der Waals surface area contributed by atoms with E-state index in [2.05, 4.69) is 9.50 Å². The van der Waals surface area contributed by atoms with Gasteiger partial charge in [-0.15, -0.1) is 0 Å². The quantitative estimate of drug-likeness (QED) is 0.0423. The van der Waals surface area contributed by atoms with Crippen LogP contribution >= 0.6 is 0 Å². The van der Waals surface area contributed by atoms with E-state index < -0.39 is 165 Å². The molecule has 0 spiro atoms. The minimum atomic E-state index is -5.31. The second kappa shape index (κ2) is 22.1. The number of rotatable bonds is 19. The number of aliphatic hydroxyl groups excluding tert-OH is 11. The van der Waals surface area contributed by atoms with Crippen LogP contribution in [0, 0.1) is 0 Å². The molecule has 4 heterocycles. The van der Waals surface area contributed by atoms with Gasteiger partial charge in [-0.25, -0.2) is 4.18 Å². The minimum absolute atomic E-state index is 0.121. The Bertz CT molecular complexity index is 1370. The molecule has 27 heteroatoms. The molecule has 0 bridgehead atoms. The molecule has 4 aliphatic rings. The molecule has 15 N–H and O–H groups in total. The summed E-state index contributed by atoms with van der Waals surface area (Å²) in [5.74, 6) is -0.818. The van der Waals surface area contributed by atoms with Crippen molar-refractivity contribution < 1.29 is 116 Å². The first kappa shape index (κ1) is 49.2. The molecule has 0 aliphatic carbocycles. The summed E-state index contributed by atoms with van der Waals surface area (Å²) in [5.41, 5.74) is 5.48. The maximum Gasteiger partial charge on any atom is 0.397 e. The Balaban J connectivity index is 1.53. The average Bonchev–Trinajstić information content (AvgIpc) is 3.17. The van der Waals surface area contributed by atoms with Gasteiger partial charge in [-0.3, -0.25) is 9.35 Å². The van der Waals surface area contributed by atoms with Gasteiger partial charge < -0.3 is 105 Å². The highest BCUT2D eigenvalue weighted by Gasteiger charge is 2.56. The highest BCUT2D eigenvalue weighted by atomic mass is 32.3. The number of aliphatic hydroxyl groups is 11. The summed E-state index contributed by atoms with van der Waals surface area (Å²) in [4.78, 5) is 12.3. The topological polar surface area (TPSA) is 415 Å². The standard InChI is InChI=1S/C31H56N2O24S/c1-11(38)33-16-19(41)24(54-31-23(45)27(57-58(46,47)48)18(40)13(8-35)51-31)14(9-36)52-28(16)56-26-17(39)12(7-34)50-30(22(26)44)55-25-15(10-37)53-29(21(43)20(25)42)49-6-4-2-3-5-32/h12-31,34-37,39-45H,2-10,32H2,1H3,(H,33,38)(H,46,47,48)/t12-,13-,14-,15-,16-,17+,18+,19-,20-,21-,22-,23-,24-,25-,26+,27+,28+,29-,30+,31+/m1/s1. The van der Waals surface area contributed by atoms with Gasteiger partial charge in [0.05, 0.1) is 26.4 Å². The lowest BCUT2D eigenvalue weighted by molar-refractivity contribution is -0.381. The monoisotopic (exact) mass is 872 g/mol. The van der Waals surface area contributed by atoms with E-state index in [1.807, 2.05) is 0 Å². The van der Waals surface area contributed by atoms with Crippen LogP contribution in [0.5, 0.6) is 0 Å². The normalized spacial score (nSPS) is 43.9. The van der Waals surface area contributed by atoms with Crippen molar-refractivity contribution in [1.29, 1.82) is 0 Å². The molecule has 0 aromatic rings. The van der Waals surface area contributed by atoms with Gasteiger partial charge in [-0.1, -0.05) is 0 Å². The molecular formula is C31H56N2O24S. The van der Waals surface area contributed by atoms with Gasteiger partial charge in [0.2, 0.25) is 5.91 Å². The van der Waals surface area contributed by atoms with E-state index in [1.165, 1.54) is 0 Å². The second-order valence-corrected chi connectivity index (χ2v) is 15.1. The summed E-state index contributed by atoms with van der Waals surface area (Å²) in [7, 11) is -5.31. The van der Waals surface area contributed by atoms with E-state index in [-0.39, 0.29) is 6.61 Å². The van der Waals surface area contributed by atoms with Gasteiger partial charge >= 0.3 is 10.4 Å². The lowest BCUT2D eigenvalue weighted by Gasteiger charge is -2.50. The Hall–Kier alpha value is -1.46. The predicted molar refractivity (Wildman–Crippen MR) is 183 cm³/mol. The summed E-state index contributed by atoms with van der Waals surface area (Å²) < 4.78 is 81.5. The van der Waals surface area contributed by atoms with Crippen molar-refractivity contribution in [2.75, 3.05) is 39.6 Å². The fourth-order valence-electron chi connectivity index (χ4n) is 6.93. The second-order valence-electron chi connectivity index (χ2n) is 14.1. The maximum atomic E-state index is 12.3. The third kappa shape index (κ3) is 11.9. The van der Waals surface area contributed by atoms with Crippen LogP contribution < -0.4 is 11.1 Å². The predicted octanol–water partition coefficient (Wildman–Crippen LogP) is -8.62. The Morgan fingerprint density at radius 2 is 1.05 bits per heavy atom. The number of carbonyl (C=O) groups is 1. The van der Waals surface area contributed by atoms with E-state index in [0.29, 0.717) is 13.0 Å². The molecule has 4 rings (SSSR count). The third-order valence-corrected chi connectivity index (χ3v) is 10.4. The first-order chi connectivity index (χ1) is 27.4. The number of hydrogen-bond acceptors (Lipinski definition) is 24. The molecule has 4 saturated heterocycles. The van der Waals surface area contributed by atoms with Crippen molar-refractivity contribution >= 4 is 16.3 Å². The first-order valence-electron chi connectivity index (χ1n) is 18.4. The molecule has 340 valence electrons. The lowest BCUT2D eigenvalue weighted by atomic mass is 9.94. The first-order valence-corrected chi connectivity index (χ1v) is 19.8. The number of unbranched alkanes of at least 4 members (excludes halogenated alkanes) is 2. The Morgan fingerprint density at radius 1 is 0.586 bits per heavy atom. The fourth-order valence-corrected chi connectivity index (χ4v) is 7.44. The Morgan fingerprint density at radius 3 is 1.55 bits per heavy atom. The van der Waals surface area contributed by atoms with Crippen LogP contribution in [0.2, 0.25) is 0 Å². The largest absolute Gasteiger partial charge is 0.397 e. The molecule has 20 atom stereocenters. The summed E-state index contributed by atoms with van der Waals surface area (Å²) in [6, 6.07) is -1.72. The van der Waals surface area contributed by atoms with Crippen LogP contribution in [0.25, 0.3) is 0 Å². The van der Waals surface area contributed by atoms with Crippen LogP contribution in [0.3, 0.4) is 0 Å². The van der Waals surface area contributed by atoms with Gasteiger partial charge in [-0.05, 0) is 25.8 Å². The smallest absolute Gasteiger partial charge is 0.394 e. The van der Waals surface area contributed by atoms with Gasteiger partial charge in [0.25, 0.3) is 0 Å². The third-order valence-electron chi connectivity index (χ3n) is 9.92. The zero-order valence-corrected chi connectivity index (χ0v) is 32.0. The molecule has 0 aromatic carbocycles. The van der Waals surface area contributed by atoms with E-state index >= 15 is 0 Å². The fraction of sp³-hybridized carbons (Fsp3) is 0.968. The molecule has 26 nitrogen and oxygen atoms in total. The van der Waals surface area contributed by atoms with Gasteiger partial charge in [0, 0.05) is 13.5 Å². The molecule has 0 unspecified atom stereocenters. The van der Waals surface area contributed by atoms with Crippen LogP contribution in [0.15, 0.2) is 0 Å². The number of amides is 1. The van der Waals surface area contributed by atoms with E-state index in [4.69, 9.17) is 43.6 Å². The highest BCUT2D eigenvalue weighted by molar-refractivity contribution is 7.80. The van der Waals surface area contributed by atoms with Crippen molar-refractivity contribution in [3.63, 3.8) is 0 Å². The van der Waals surface area contributed by atoms with Crippen molar-refractivity contribution in [2.24, 2.45) is 5.73 Å².